The monoisotopic (exact) mass is 245 g/mol. The third-order valence-corrected chi connectivity index (χ3v) is 3.13. The molecule has 0 spiro atoms. The number of hydrogen-bond acceptors (Lipinski definition) is 3. The summed E-state index contributed by atoms with van der Waals surface area (Å²) in [6.07, 6.45) is 3.88. The molecule has 0 aliphatic carbocycles. The number of nitrogens with zero attached hydrogens (tertiary/aromatic N) is 2. The molecule has 0 radical (unpaired) electrons. The second-order valence-corrected chi connectivity index (χ2v) is 4.05. The van der Waals surface area contributed by atoms with Crippen LogP contribution in [0.2, 0.25) is 0 Å². The fourth-order valence-electron chi connectivity index (χ4n) is 1.61. The van der Waals surface area contributed by atoms with Crippen LogP contribution < -0.4 is 5.32 Å². The van der Waals surface area contributed by atoms with Crippen molar-refractivity contribution in [3.8, 4) is 5.75 Å². The summed E-state index contributed by atoms with van der Waals surface area (Å²) in [5.74, 6) is 0.206. The lowest BCUT2D eigenvalue weighted by atomic mass is 10.2. The summed E-state index contributed by atoms with van der Waals surface area (Å²) < 4.78 is 2.44. The normalized spacial score (nSPS) is 22.4. The number of hydrogen-bond donors (Lipinski definition) is 2. The standard InChI is InChI=1S/C8H12BrN3O/c9-8-7(13)4-11-12(8)5-6-2-1-3-10-6/h4,6,10,13H,1-3,5H2. The molecule has 1 saturated heterocycles. The largest absolute Gasteiger partial charge is 0.504 e. The number of rotatable bonds is 2. The number of aromatic hydroxyl groups is 1. The highest BCUT2D eigenvalue weighted by Crippen LogP contribution is 2.23. The zero-order valence-electron chi connectivity index (χ0n) is 7.20. The minimum Gasteiger partial charge on any atom is -0.504 e. The Labute approximate surface area is 85.1 Å². The van der Waals surface area contributed by atoms with Gasteiger partial charge in [-0.3, -0.25) is 4.68 Å². The molecule has 4 nitrogen and oxygen atoms in total. The topological polar surface area (TPSA) is 50.1 Å². The van der Waals surface area contributed by atoms with E-state index in [1.165, 1.54) is 19.0 Å². The molecule has 1 fully saturated rings. The molecule has 1 aliphatic rings. The molecule has 72 valence electrons. The second-order valence-electron chi connectivity index (χ2n) is 3.30. The van der Waals surface area contributed by atoms with Crippen molar-refractivity contribution < 1.29 is 5.11 Å². The summed E-state index contributed by atoms with van der Waals surface area (Å²) >= 11 is 3.28. The zero-order valence-corrected chi connectivity index (χ0v) is 8.79. The van der Waals surface area contributed by atoms with E-state index < -0.39 is 0 Å². The Balaban J connectivity index is 2.04. The first-order chi connectivity index (χ1) is 6.27. The van der Waals surface area contributed by atoms with Gasteiger partial charge in [0.2, 0.25) is 0 Å². The Morgan fingerprint density at radius 3 is 3.15 bits per heavy atom. The van der Waals surface area contributed by atoms with E-state index in [-0.39, 0.29) is 5.75 Å². The van der Waals surface area contributed by atoms with Crippen molar-refractivity contribution in [3.05, 3.63) is 10.8 Å². The van der Waals surface area contributed by atoms with Crippen LogP contribution in [-0.2, 0) is 6.54 Å². The van der Waals surface area contributed by atoms with E-state index >= 15 is 0 Å². The van der Waals surface area contributed by atoms with Gasteiger partial charge in [-0.05, 0) is 35.3 Å². The molecule has 0 amide bonds. The molecule has 2 heterocycles. The van der Waals surface area contributed by atoms with Crippen LogP contribution in [0.3, 0.4) is 0 Å². The Hall–Kier alpha value is -0.550. The van der Waals surface area contributed by atoms with E-state index in [0.717, 1.165) is 13.1 Å². The Kier molecular flexibility index (Phi) is 2.55. The van der Waals surface area contributed by atoms with Crippen LogP contribution in [-0.4, -0.2) is 27.5 Å². The van der Waals surface area contributed by atoms with E-state index in [2.05, 4.69) is 26.3 Å². The van der Waals surface area contributed by atoms with Crippen molar-refractivity contribution in [2.24, 2.45) is 0 Å². The van der Waals surface area contributed by atoms with Gasteiger partial charge in [-0.1, -0.05) is 0 Å². The third-order valence-electron chi connectivity index (χ3n) is 2.31. The van der Waals surface area contributed by atoms with Crippen molar-refractivity contribution in [1.29, 1.82) is 0 Å². The Morgan fingerprint density at radius 1 is 1.77 bits per heavy atom. The van der Waals surface area contributed by atoms with Gasteiger partial charge >= 0.3 is 0 Å². The molecule has 1 atom stereocenters. The molecule has 13 heavy (non-hydrogen) atoms. The summed E-state index contributed by atoms with van der Waals surface area (Å²) in [4.78, 5) is 0. The predicted octanol–water partition coefficient (Wildman–Crippen LogP) is 1.10. The highest BCUT2D eigenvalue weighted by atomic mass is 79.9. The van der Waals surface area contributed by atoms with Crippen LogP contribution >= 0.6 is 15.9 Å². The Morgan fingerprint density at radius 2 is 2.62 bits per heavy atom. The zero-order chi connectivity index (χ0) is 9.26. The SMILES string of the molecule is Oc1cnn(CC2CCCN2)c1Br. The lowest BCUT2D eigenvalue weighted by Gasteiger charge is -2.10. The quantitative estimate of drug-likeness (QED) is 0.821. The van der Waals surface area contributed by atoms with Gasteiger partial charge in [-0.2, -0.15) is 5.10 Å². The van der Waals surface area contributed by atoms with Crippen LogP contribution in [0, 0.1) is 0 Å². The fourth-order valence-corrected chi connectivity index (χ4v) is 1.95. The molecule has 1 unspecified atom stereocenters. The molecule has 5 heteroatoms. The molecule has 1 aliphatic heterocycles. The molecule has 2 rings (SSSR count). The summed E-state index contributed by atoms with van der Waals surface area (Å²) in [5.41, 5.74) is 0. The first-order valence-corrected chi connectivity index (χ1v) is 5.20. The average Bonchev–Trinajstić information content (AvgIpc) is 2.71. The van der Waals surface area contributed by atoms with Crippen LogP contribution in [0.15, 0.2) is 10.8 Å². The molecule has 0 aromatic carbocycles. The maximum Gasteiger partial charge on any atom is 0.168 e. The van der Waals surface area contributed by atoms with Crippen molar-refractivity contribution in [2.75, 3.05) is 6.54 Å². The van der Waals surface area contributed by atoms with Crippen molar-refractivity contribution in [2.45, 2.75) is 25.4 Å². The minimum absolute atomic E-state index is 0.206. The van der Waals surface area contributed by atoms with E-state index in [9.17, 15) is 5.11 Å². The van der Waals surface area contributed by atoms with Gasteiger partial charge in [0, 0.05) is 6.04 Å². The third kappa shape index (κ3) is 1.86. The smallest absolute Gasteiger partial charge is 0.168 e. The molecule has 2 N–H and O–H groups in total. The summed E-state index contributed by atoms with van der Waals surface area (Å²) in [7, 11) is 0. The van der Waals surface area contributed by atoms with Gasteiger partial charge in [-0.15, -0.1) is 0 Å². The first-order valence-electron chi connectivity index (χ1n) is 4.41. The minimum atomic E-state index is 0.206. The molecule has 1 aromatic rings. The van der Waals surface area contributed by atoms with Crippen LogP contribution in [0.25, 0.3) is 0 Å². The highest BCUT2D eigenvalue weighted by molar-refractivity contribution is 9.10. The van der Waals surface area contributed by atoms with E-state index in [1.807, 2.05) is 0 Å². The predicted molar refractivity (Wildman–Crippen MR) is 52.6 cm³/mol. The average molecular weight is 246 g/mol. The van der Waals surface area contributed by atoms with Gasteiger partial charge in [0.05, 0.1) is 12.7 Å². The number of halogens is 1. The highest BCUT2D eigenvalue weighted by Gasteiger charge is 2.16. The number of aromatic nitrogens is 2. The maximum atomic E-state index is 9.26. The van der Waals surface area contributed by atoms with Crippen LogP contribution in [0.4, 0.5) is 0 Å². The lowest BCUT2D eigenvalue weighted by molar-refractivity contribution is 0.452. The van der Waals surface area contributed by atoms with Gasteiger partial charge in [-0.25, -0.2) is 0 Å². The summed E-state index contributed by atoms with van der Waals surface area (Å²) in [5, 5.41) is 16.7. The van der Waals surface area contributed by atoms with Crippen LogP contribution in [0.5, 0.6) is 5.75 Å². The van der Waals surface area contributed by atoms with Gasteiger partial charge in [0.1, 0.15) is 4.60 Å². The summed E-state index contributed by atoms with van der Waals surface area (Å²) in [6, 6.07) is 0.496. The number of nitrogens with one attached hydrogen (secondary N) is 1. The van der Waals surface area contributed by atoms with Gasteiger partial charge in [0.15, 0.2) is 5.75 Å². The van der Waals surface area contributed by atoms with Gasteiger partial charge < -0.3 is 10.4 Å². The fraction of sp³-hybridized carbons (Fsp3) is 0.625. The molecule has 0 bridgehead atoms. The van der Waals surface area contributed by atoms with Gasteiger partial charge in [0.25, 0.3) is 0 Å². The molecule has 0 saturated carbocycles. The van der Waals surface area contributed by atoms with Crippen molar-refractivity contribution >= 4 is 15.9 Å². The molecular weight excluding hydrogens is 234 g/mol. The van der Waals surface area contributed by atoms with E-state index in [4.69, 9.17) is 0 Å². The maximum absolute atomic E-state index is 9.26. The van der Waals surface area contributed by atoms with E-state index in [0.29, 0.717) is 10.6 Å². The molecule has 1 aromatic heterocycles. The van der Waals surface area contributed by atoms with Crippen molar-refractivity contribution in [1.82, 2.24) is 15.1 Å². The second kappa shape index (κ2) is 3.67. The lowest BCUT2D eigenvalue weighted by Crippen LogP contribution is -2.27. The summed E-state index contributed by atoms with van der Waals surface area (Å²) in [6.45, 7) is 1.91. The van der Waals surface area contributed by atoms with E-state index in [1.54, 1.807) is 4.68 Å². The first kappa shape index (κ1) is 9.02. The molecular formula is C8H12BrN3O. The van der Waals surface area contributed by atoms with Crippen LogP contribution in [0.1, 0.15) is 12.8 Å². The Bertz CT molecular complexity index is 294. The van der Waals surface area contributed by atoms with Crippen molar-refractivity contribution in [3.63, 3.8) is 0 Å².